The van der Waals surface area contributed by atoms with Gasteiger partial charge in [0.05, 0.1) is 12.5 Å². The predicted molar refractivity (Wildman–Crippen MR) is 78.3 cm³/mol. The van der Waals surface area contributed by atoms with Crippen molar-refractivity contribution in [3.8, 4) is 0 Å². The molecule has 0 spiro atoms. The number of benzene rings is 1. The smallest absolute Gasteiger partial charge is 0.308 e. The Kier molecular flexibility index (Phi) is 4.96. The van der Waals surface area contributed by atoms with E-state index in [0.717, 1.165) is 18.6 Å². The molecule has 0 aromatic heterocycles. The number of carboxylic acids is 1. The Bertz CT molecular complexity index is 523. The van der Waals surface area contributed by atoms with Crippen LogP contribution in [0.15, 0.2) is 24.3 Å². The molecule has 1 heterocycles. The molecule has 5 nitrogen and oxygen atoms in total. The second kappa shape index (κ2) is 6.72. The third kappa shape index (κ3) is 3.82. The average Bonchev–Trinajstić information content (AvgIpc) is 3.00. The zero-order valence-electron chi connectivity index (χ0n) is 12.3. The van der Waals surface area contributed by atoms with Gasteiger partial charge in [-0.1, -0.05) is 12.1 Å². The minimum Gasteiger partial charge on any atom is -0.481 e. The largest absolute Gasteiger partial charge is 0.481 e. The van der Waals surface area contributed by atoms with E-state index in [9.17, 15) is 9.59 Å². The summed E-state index contributed by atoms with van der Waals surface area (Å²) in [7, 11) is 0. The zero-order chi connectivity index (χ0) is 15.4. The minimum atomic E-state index is -0.917. The lowest BCUT2D eigenvalue weighted by molar-refractivity contribution is -0.141. The standard InChI is InChI=1S/C16H21NO4/c1-10(16(19)20)11(2)17-15(18)13-5-3-4-12(8-13)14-6-7-21-9-14/h3-5,8,10-11,14H,6-7,9H2,1-2H3,(H,17,18)(H,19,20). The number of carboxylic acid groups (broad SMARTS) is 1. The van der Waals surface area contributed by atoms with Gasteiger partial charge in [0.1, 0.15) is 0 Å². The molecular formula is C16H21NO4. The molecule has 3 atom stereocenters. The number of hydrogen-bond acceptors (Lipinski definition) is 3. The van der Waals surface area contributed by atoms with Gasteiger partial charge < -0.3 is 15.2 Å². The van der Waals surface area contributed by atoms with Crippen LogP contribution in [0.25, 0.3) is 0 Å². The first-order valence-electron chi connectivity index (χ1n) is 7.20. The van der Waals surface area contributed by atoms with Gasteiger partial charge in [0, 0.05) is 24.1 Å². The summed E-state index contributed by atoms with van der Waals surface area (Å²) in [6.45, 7) is 4.73. The third-order valence-corrected chi connectivity index (χ3v) is 4.05. The normalized spacial score (nSPS) is 20.8. The minimum absolute atomic E-state index is 0.239. The zero-order valence-corrected chi connectivity index (χ0v) is 12.3. The molecular weight excluding hydrogens is 270 g/mol. The fourth-order valence-electron chi connectivity index (χ4n) is 2.36. The van der Waals surface area contributed by atoms with Crippen molar-refractivity contribution in [3.05, 3.63) is 35.4 Å². The van der Waals surface area contributed by atoms with Gasteiger partial charge in [-0.3, -0.25) is 9.59 Å². The molecule has 3 unspecified atom stereocenters. The average molecular weight is 291 g/mol. The Morgan fingerprint density at radius 2 is 2.14 bits per heavy atom. The molecule has 0 aliphatic carbocycles. The highest BCUT2D eigenvalue weighted by Crippen LogP contribution is 2.25. The summed E-state index contributed by atoms with van der Waals surface area (Å²) in [5.74, 6) is -1.44. The summed E-state index contributed by atoms with van der Waals surface area (Å²) in [4.78, 5) is 23.1. The van der Waals surface area contributed by atoms with E-state index in [-0.39, 0.29) is 5.91 Å². The monoisotopic (exact) mass is 291 g/mol. The number of nitrogens with one attached hydrogen (secondary N) is 1. The van der Waals surface area contributed by atoms with E-state index in [1.54, 1.807) is 19.9 Å². The highest BCUT2D eigenvalue weighted by molar-refractivity contribution is 5.94. The number of amides is 1. The van der Waals surface area contributed by atoms with Crippen LogP contribution in [0.4, 0.5) is 0 Å². The quantitative estimate of drug-likeness (QED) is 0.870. The van der Waals surface area contributed by atoms with Crippen molar-refractivity contribution in [1.82, 2.24) is 5.32 Å². The molecule has 1 saturated heterocycles. The molecule has 2 N–H and O–H groups in total. The number of hydrogen-bond donors (Lipinski definition) is 2. The predicted octanol–water partition coefficient (Wildman–Crippen LogP) is 2.03. The van der Waals surface area contributed by atoms with Crippen molar-refractivity contribution in [3.63, 3.8) is 0 Å². The third-order valence-electron chi connectivity index (χ3n) is 4.05. The highest BCUT2D eigenvalue weighted by Gasteiger charge is 2.22. The Morgan fingerprint density at radius 3 is 2.76 bits per heavy atom. The molecule has 1 aromatic rings. The second-order valence-corrected chi connectivity index (χ2v) is 5.58. The summed E-state index contributed by atoms with van der Waals surface area (Å²) in [6.07, 6.45) is 0.970. The molecule has 1 aromatic carbocycles. The molecule has 21 heavy (non-hydrogen) atoms. The Morgan fingerprint density at radius 1 is 1.38 bits per heavy atom. The van der Waals surface area contributed by atoms with E-state index in [1.165, 1.54) is 0 Å². The van der Waals surface area contributed by atoms with Crippen molar-refractivity contribution in [2.45, 2.75) is 32.2 Å². The van der Waals surface area contributed by atoms with Crippen LogP contribution in [0.5, 0.6) is 0 Å². The van der Waals surface area contributed by atoms with Crippen LogP contribution >= 0.6 is 0 Å². The van der Waals surface area contributed by atoms with Crippen molar-refractivity contribution >= 4 is 11.9 Å². The van der Waals surface area contributed by atoms with Crippen molar-refractivity contribution < 1.29 is 19.4 Å². The molecule has 2 rings (SSSR count). The van der Waals surface area contributed by atoms with Crippen molar-refractivity contribution in [1.29, 1.82) is 0 Å². The van der Waals surface area contributed by atoms with Gasteiger partial charge in [-0.2, -0.15) is 0 Å². The summed E-state index contributed by atoms with van der Waals surface area (Å²) in [6, 6.07) is 7.04. The van der Waals surface area contributed by atoms with E-state index < -0.39 is 17.9 Å². The van der Waals surface area contributed by atoms with Gasteiger partial charge in [-0.15, -0.1) is 0 Å². The van der Waals surface area contributed by atoms with E-state index >= 15 is 0 Å². The Balaban J connectivity index is 2.05. The fraction of sp³-hybridized carbons (Fsp3) is 0.500. The van der Waals surface area contributed by atoms with Crippen molar-refractivity contribution in [2.75, 3.05) is 13.2 Å². The van der Waals surface area contributed by atoms with Gasteiger partial charge in [-0.05, 0) is 38.0 Å². The Hall–Kier alpha value is -1.88. The van der Waals surface area contributed by atoms with Crippen LogP contribution in [0.3, 0.4) is 0 Å². The lowest BCUT2D eigenvalue weighted by atomic mass is 9.96. The van der Waals surface area contributed by atoms with E-state index in [0.29, 0.717) is 18.1 Å². The maximum Gasteiger partial charge on any atom is 0.308 e. The van der Waals surface area contributed by atoms with Crippen LogP contribution in [-0.2, 0) is 9.53 Å². The van der Waals surface area contributed by atoms with Gasteiger partial charge in [0.15, 0.2) is 0 Å². The molecule has 1 fully saturated rings. The van der Waals surface area contributed by atoms with Gasteiger partial charge in [-0.25, -0.2) is 0 Å². The number of ether oxygens (including phenoxy) is 1. The number of carbonyl (C=O) groups excluding carboxylic acids is 1. The molecule has 5 heteroatoms. The highest BCUT2D eigenvalue weighted by atomic mass is 16.5. The van der Waals surface area contributed by atoms with Gasteiger partial charge >= 0.3 is 5.97 Å². The maximum absolute atomic E-state index is 12.2. The SMILES string of the molecule is CC(NC(=O)c1cccc(C2CCOC2)c1)C(C)C(=O)O. The van der Waals surface area contributed by atoms with E-state index in [1.807, 2.05) is 18.2 Å². The molecule has 1 aliphatic rings. The first-order valence-corrected chi connectivity index (χ1v) is 7.20. The number of carbonyl (C=O) groups is 2. The van der Waals surface area contributed by atoms with Crippen LogP contribution < -0.4 is 5.32 Å². The van der Waals surface area contributed by atoms with Crippen LogP contribution in [0.1, 0.15) is 42.1 Å². The lowest BCUT2D eigenvalue weighted by Crippen LogP contribution is -2.40. The summed E-state index contributed by atoms with van der Waals surface area (Å²) in [5.41, 5.74) is 1.66. The number of rotatable bonds is 5. The molecule has 0 radical (unpaired) electrons. The lowest BCUT2D eigenvalue weighted by Gasteiger charge is -2.18. The Labute approximate surface area is 124 Å². The topological polar surface area (TPSA) is 75.6 Å². The first-order chi connectivity index (χ1) is 9.99. The first kappa shape index (κ1) is 15.5. The summed E-state index contributed by atoms with van der Waals surface area (Å²) >= 11 is 0. The van der Waals surface area contributed by atoms with Gasteiger partial charge in [0.25, 0.3) is 5.91 Å². The van der Waals surface area contributed by atoms with E-state index in [2.05, 4.69) is 5.32 Å². The van der Waals surface area contributed by atoms with E-state index in [4.69, 9.17) is 9.84 Å². The molecule has 1 aliphatic heterocycles. The molecule has 0 saturated carbocycles. The second-order valence-electron chi connectivity index (χ2n) is 5.58. The van der Waals surface area contributed by atoms with Crippen molar-refractivity contribution in [2.24, 2.45) is 5.92 Å². The molecule has 0 bridgehead atoms. The molecule has 1 amide bonds. The summed E-state index contributed by atoms with van der Waals surface area (Å²) in [5, 5.41) is 11.7. The van der Waals surface area contributed by atoms with Crippen LogP contribution in [-0.4, -0.2) is 36.2 Å². The maximum atomic E-state index is 12.2. The fourth-order valence-corrected chi connectivity index (χ4v) is 2.36. The number of aliphatic carboxylic acids is 1. The molecule has 114 valence electrons. The summed E-state index contributed by atoms with van der Waals surface area (Å²) < 4.78 is 5.37. The van der Waals surface area contributed by atoms with Crippen LogP contribution in [0.2, 0.25) is 0 Å². The van der Waals surface area contributed by atoms with Crippen LogP contribution in [0, 0.1) is 5.92 Å². The van der Waals surface area contributed by atoms with Gasteiger partial charge in [0.2, 0.25) is 0 Å².